The molecule has 0 aliphatic carbocycles. The maximum atomic E-state index is 13.5. The van der Waals surface area contributed by atoms with Crippen LogP contribution in [0.4, 0.5) is 4.39 Å². The van der Waals surface area contributed by atoms with Crippen molar-refractivity contribution in [3.8, 4) is 0 Å². The van der Waals surface area contributed by atoms with E-state index in [9.17, 15) is 9.18 Å². The largest absolute Gasteiger partial charge is 0.480 e. The zero-order valence-electron chi connectivity index (χ0n) is 9.17. The molecule has 1 heterocycles. The fourth-order valence-corrected chi connectivity index (χ4v) is 0.925. The molecule has 5 heteroatoms. The van der Waals surface area contributed by atoms with Crippen molar-refractivity contribution < 1.29 is 18.7 Å². The van der Waals surface area contributed by atoms with Crippen LogP contribution in [0, 0.1) is 0 Å². The summed E-state index contributed by atoms with van der Waals surface area (Å²) in [5.41, 5.74) is -2.77. The van der Waals surface area contributed by atoms with E-state index in [-0.39, 0.29) is 11.6 Å². The second-order valence-electron chi connectivity index (χ2n) is 4.44. The lowest BCUT2D eigenvalue weighted by Gasteiger charge is -2.14. The molecule has 1 aromatic rings. The summed E-state index contributed by atoms with van der Waals surface area (Å²) in [5.74, 6) is -1.05. The van der Waals surface area contributed by atoms with E-state index in [2.05, 4.69) is 4.98 Å². The number of aromatic nitrogens is 1. The van der Waals surface area contributed by atoms with Gasteiger partial charge in [-0.3, -0.25) is 4.79 Å². The molecule has 1 rings (SSSR count). The maximum absolute atomic E-state index is 13.5. The summed E-state index contributed by atoms with van der Waals surface area (Å²) in [6.07, 6.45) is 1.15. The van der Waals surface area contributed by atoms with Gasteiger partial charge >= 0.3 is 5.97 Å². The highest BCUT2D eigenvalue weighted by atomic mass is 19.1. The molecule has 0 aliphatic heterocycles. The molecule has 0 amide bonds. The predicted molar refractivity (Wildman–Crippen MR) is 51.3 cm³/mol. The number of halogens is 1. The minimum Gasteiger partial charge on any atom is -0.480 e. The second-order valence-corrected chi connectivity index (χ2v) is 4.44. The Labute approximate surface area is 87.1 Å². The van der Waals surface area contributed by atoms with E-state index < -0.39 is 17.1 Å². The van der Waals surface area contributed by atoms with Gasteiger partial charge in [0.25, 0.3) is 0 Å². The third-order valence-electron chi connectivity index (χ3n) is 2.18. The van der Waals surface area contributed by atoms with Crippen molar-refractivity contribution in [2.75, 3.05) is 0 Å². The normalized spacial score (nSPS) is 12.9. The van der Waals surface area contributed by atoms with Gasteiger partial charge in [0.2, 0.25) is 5.89 Å². The van der Waals surface area contributed by atoms with Gasteiger partial charge in [-0.1, -0.05) is 0 Å². The van der Waals surface area contributed by atoms with Gasteiger partial charge in [0.1, 0.15) is 23.0 Å². The molecular weight excluding hydrogens is 201 g/mol. The van der Waals surface area contributed by atoms with Gasteiger partial charge in [0.15, 0.2) is 0 Å². The molecule has 4 nitrogen and oxygen atoms in total. The van der Waals surface area contributed by atoms with Gasteiger partial charge < -0.3 is 9.52 Å². The second kappa shape index (κ2) is 3.32. The van der Waals surface area contributed by atoms with Gasteiger partial charge in [0.05, 0.1) is 0 Å². The highest BCUT2D eigenvalue weighted by Crippen LogP contribution is 2.28. The van der Waals surface area contributed by atoms with E-state index in [1.54, 1.807) is 0 Å². The number of alkyl halides is 1. The summed E-state index contributed by atoms with van der Waals surface area (Å²) in [7, 11) is 0. The number of oxazole rings is 1. The number of nitrogens with zero attached hydrogens (tertiary/aromatic N) is 1. The Kier molecular flexibility index (Phi) is 2.59. The Bertz CT molecular complexity index is 376. The lowest BCUT2D eigenvalue weighted by atomic mass is 9.94. The van der Waals surface area contributed by atoms with E-state index in [0.29, 0.717) is 0 Å². The minimum absolute atomic E-state index is 0.00993. The summed E-state index contributed by atoms with van der Waals surface area (Å²) in [5, 5.41) is 8.91. The summed E-state index contributed by atoms with van der Waals surface area (Å²) in [6.45, 7) is 5.58. The lowest BCUT2D eigenvalue weighted by molar-refractivity contribution is -0.143. The van der Waals surface area contributed by atoms with Crippen molar-refractivity contribution in [2.45, 2.75) is 38.8 Å². The van der Waals surface area contributed by atoms with Gasteiger partial charge in [0, 0.05) is 0 Å². The van der Waals surface area contributed by atoms with E-state index in [1.165, 1.54) is 27.7 Å². The van der Waals surface area contributed by atoms with Crippen molar-refractivity contribution >= 4 is 5.97 Å². The van der Waals surface area contributed by atoms with Crippen LogP contribution in [0.5, 0.6) is 0 Å². The fraction of sp³-hybridized carbons (Fsp3) is 0.600. The summed E-state index contributed by atoms with van der Waals surface area (Å²) in [4.78, 5) is 14.7. The third-order valence-corrected chi connectivity index (χ3v) is 2.18. The van der Waals surface area contributed by atoms with Crippen molar-refractivity contribution in [1.29, 1.82) is 0 Å². The lowest BCUT2D eigenvalue weighted by Crippen LogP contribution is -2.29. The van der Waals surface area contributed by atoms with Crippen molar-refractivity contribution in [3.05, 3.63) is 17.8 Å². The van der Waals surface area contributed by atoms with Crippen molar-refractivity contribution in [3.63, 3.8) is 0 Å². The average molecular weight is 215 g/mol. The highest BCUT2D eigenvalue weighted by molar-refractivity contribution is 5.78. The number of aliphatic carboxylic acids is 1. The van der Waals surface area contributed by atoms with Gasteiger partial charge in [-0.2, -0.15) is 0 Å². The molecule has 0 saturated heterocycles. The quantitative estimate of drug-likeness (QED) is 0.839. The standard InChI is InChI=1S/C10H14FNO3/c1-9(2,8(13)14)7-12-6(5-15-7)10(3,4)11/h5H,1-4H3,(H,13,14). The summed E-state index contributed by atoms with van der Waals surface area (Å²) in [6, 6.07) is 0. The number of hydrogen-bond donors (Lipinski definition) is 1. The Morgan fingerprint density at radius 1 is 1.47 bits per heavy atom. The molecule has 15 heavy (non-hydrogen) atoms. The topological polar surface area (TPSA) is 63.3 Å². The number of carbonyl (C=O) groups is 1. The Morgan fingerprint density at radius 2 is 2.00 bits per heavy atom. The summed E-state index contributed by atoms with van der Waals surface area (Å²) < 4.78 is 18.4. The molecule has 0 spiro atoms. The number of rotatable bonds is 3. The van der Waals surface area contributed by atoms with E-state index in [0.717, 1.165) is 6.26 Å². The molecule has 0 unspecified atom stereocenters. The maximum Gasteiger partial charge on any atom is 0.318 e. The van der Waals surface area contributed by atoms with Crippen LogP contribution in [0.1, 0.15) is 39.3 Å². The van der Waals surface area contributed by atoms with E-state index >= 15 is 0 Å². The smallest absolute Gasteiger partial charge is 0.318 e. The van der Waals surface area contributed by atoms with Gasteiger partial charge in [-0.15, -0.1) is 0 Å². The van der Waals surface area contributed by atoms with Crippen molar-refractivity contribution in [2.24, 2.45) is 0 Å². The van der Waals surface area contributed by atoms with Crippen LogP contribution in [0.3, 0.4) is 0 Å². The first-order chi connectivity index (χ1) is 6.65. The zero-order valence-corrected chi connectivity index (χ0v) is 9.17. The Morgan fingerprint density at radius 3 is 2.33 bits per heavy atom. The molecule has 0 aromatic carbocycles. The predicted octanol–water partition coefficient (Wildman–Crippen LogP) is 2.24. The molecule has 1 aromatic heterocycles. The van der Waals surface area contributed by atoms with E-state index in [4.69, 9.17) is 9.52 Å². The molecule has 0 atom stereocenters. The van der Waals surface area contributed by atoms with Crippen molar-refractivity contribution in [1.82, 2.24) is 4.98 Å². The van der Waals surface area contributed by atoms with Gasteiger partial charge in [-0.25, -0.2) is 9.37 Å². The minimum atomic E-state index is -1.63. The van der Waals surface area contributed by atoms with Crippen LogP contribution in [-0.2, 0) is 15.9 Å². The average Bonchev–Trinajstić information content (AvgIpc) is 2.50. The molecule has 0 saturated carbocycles. The van der Waals surface area contributed by atoms with Crippen LogP contribution >= 0.6 is 0 Å². The monoisotopic (exact) mass is 215 g/mol. The SMILES string of the molecule is CC(C)(F)c1coc(C(C)(C)C(=O)O)n1. The van der Waals surface area contributed by atoms with E-state index in [1.807, 2.05) is 0 Å². The third kappa shape index (κ3) is 2.16. The molecule has 1 N–H and O–H groups in total. The first-order valence-electron chi connectivity index (χ1n) is 4.54. The molecule has 84 valence electrons. The Balaban J connectivity index is 3.10. The molecule has 0 aliphatic rings. The number of carboxylic acid groups (broad SMARTS) is 1. The zero-order chi connectivity index (χ0) is 11.9. The highest BCUT2D eigenvalue weighted by Gasteiger charge is 2.36. The first-order valence-corrected chi connectivity index (χ1v) is 4.54. The molecule has 0 fully saturated rings. The first kappa shape index (κ1) is 11.7. The van der Waals surface area contributed by atoms with Crippen LogP contribution in [-0.4, -0.2) is 16.1 Å². The molecule has 0 radical (unpaired) electrons. The van der Waals surface area contributed by atoms with Crippen LogP contribution in [0.2, 0.25) is 0 Å². The number of hydrogen-bond acceptors (Lipinski definition) is 3. The summed E-state index contributed by atoms with van der Waals surface area (Å²) >= 11 is 0. The van der Waals surface area contributed by atoms with Crippen LogP contribution < -0.4 is 0 Å². The van der Waals surface area contributed by atoms with Gasteiger partial charge in [-0.05, 0) is 27.7 Å². The van der Waals surface area contributed by atoms with Crippen LogP contribution in [0.25, 0.3) is 0 Å². The van der Waals surface area contributed by atoms with Crippen LogP contribution in [0.15, 0.2) is 10.7 Å². The Hall–Kier alpha value is -1.39. The number of carboxylic acids is 1. The molecular formula is C10H14FNO3. The molecule has 0 bridgehead atoms. The fourth-order valence-electron chi connectivity index (χ4n) is 0.925.